The van der Waals surface area contributed by atoms with Crippen molar-refractivity contribution in [3.05, 3.63) is 42.0 Å². The second-order valence-electron chi connectivity index (χ2n) is 5.31. The zero-order valence-electron chi connectivity index (χ0n) is 12.8. The van der Waals surface area contributed by atoms with Crippen LogP contribution in [-0.4, -0.2) is 29.6 Å². The molecule has 1 amide bonds. The Labute approximate surface area is 128 Å². The van der Waals surface area contributed by atoms with Crippen LogP contribution in [0.25, 0.3) is 10.8 Å². The van der Waals surface area contributed by atoms with E-state index < -0.39 is 17.4 Å². The highest BCUT2D eigenvalue weighted by Crippen LogP contribution is 2.29. The molecule has 2 aromatic rings. The molecular formula is C17H19NO4. The molecule has 5 nitrogen and oxygen atoms in total. The number of methoxy groups -OCH3 is 1. The van der Waals surface area contributed by atoms with Crippen molar-refractivity contribution in [2.24, 2.45) is 0 Å². The van der Waals surface area contributed by atoms with E-state index in [4.69, 9.17) is 4.74 Å². The molecule has 0 radical (unpaired) electrons. The molecule has 0 aromatic heterocycles. The number of fused-ring (bicyclic) bond motifs is 1. The van der Waals surface area contributed by atoms with Gasteiger partial charge < -0.3 is 15.2 Å². The molecule has 0 spiro atoms. The molecule has 0 bridgehead atoms. The Morgan fingerprint density at radius 3 is 2.55 bits per heavy atom. The van der Waals surface area contributed by atoms with Gasteiger partial charge in [0.05, 0.1) is 12.7 Å². The predicted molar refractivity (Wildman–Crippen MR) is 83.8 cm³/mol. The maximum Gasteiger partial charge on any atom is 0.331 e. The molecule has 2 N–H and O–H groups in total. The number of hydrogen-bond acceptors (Lipinski definition) is 4. The molecule has 2 aromatic carbocycles. The zero-order valence-corrected chi connectivity index (χ0v) is 12.8. The summed E-state index contributed by atoms with van der Waals surface area (Å²) >= 11 is 0. The van der Waals surface area contributed by atoms with E-state index in [9.17, 15) is 14.7 Å². The van der Waals surface area contributed by atoms with Gasteiger partial charge in [0.15, 0.2) is 0 Å². The molecule has 0 aliphatic carbocycles. The number of benzene rings is 2. The molecule has 0 heterocycles. The summed E-state index contributed by atoms with van der Waals surface area (Å²) in [4.78, 5) is 24.3. The number of ether oxygens (including phenoxy) is 1. The summed E-state index contributed by atoms with van der Waals surface area (Å²) < 4.78 is 4.73. The van der Waals surface area contributed by atoms with E-state index in [-0.39, 0.29) is 11.3 Å². The summed E-state index contributed by atoms with van der Waals surface area (Å²) in [6, 6.07) is 10.5. The van der Waals surface area contributed by atoms with Crippen LogP contribution in [0.1, 0.15) is 30.6 Å². The van der Waals surface area contributed by atoms with Crippen LogP contribution in [-0.2, 0) is 9.53 Å². The highest BCUT2D eigenvalue weighted by Gasteiger charge is 2.35. The van der Waals surface area contributed by atoms with Gasteiger partial charge in [-0.3, -0.25) is 4.79 Å². The van der Waals surface area contributed by atoms with Crippen molar-refractivity contribution < 1.29 is 19.4 Å². The number of phenolic OH excluding ortho intramolecular Hbond substituents is 1. The summed E-state index contributed by atoms with van der Waals surface area (Å²) in [6.07, 6.45) is 0.375. The molecule has 0 aliphatic heterocycles. The molecule has 0 unspecified atom stereocenters. The molecular weight excluding hydrogens is 282 g/mol. The first-order valence-corrected chi connectivity index (χ1v) is 7.04. The molecule has 2 rings (SSSR count). The Morgan fingerprint density at radius 2 is 1.91 bits per heavy atom. The second-order valence-corrected chi connectivity index (χ2v) is 5.31. The summed E-state index contributed by atoms with van der Waals surface area (Å²) in [6.45, 7) is 3.37. The van der Waals surface area contributed by atoms with E-state index in [0.29, 0.717) is 11.8 Å². The minimum Gasteiger partial charge on any atom is -0.506 e. The van der Waals surface area contributed by atoms with Crippen molar-refractivity contribution in [1.82, 2.24) is 5.32 Å². The van der Waals surface area contributed by atoms with Gasteiger partial charge in [0.1, 0.15) is 11.3 Å². The highest BCUT2D eigenvalue weighted by molar-refractivity contribution is 6.05. The summed E-state index contributed by atoms with van der Waals surface area (Å²) in [7, 11) is 1.27. The maximum absolute atomic E-state index is 12.4. The van der Waals surface area contributed by atoms with Crippen molar-refractivity contribution >= 4 is 22.6 Å². The number of nitrogens with one attached hydrogen (secondary N) is 1. The lowest BCUT2D eigenvalue weighted by atomic mass is 9.97. The predicted octanol–water partition coefficient (Wildman–Crippen LogP) is 2.62. The second kappa shape index (κ2) is 6.05. The topological polar surface area (TPSA) is 75.6 Å². The van der Waals surface area contributed by atoms with Gasteiger partial charge in [-0.2, -0.15) is 0 Å². The van der Waals surface area contributed by atoms with Gasteiger partial charge in [-0.25, -0.2) is 4.79 Å². The van der Waals surface area contributed by atoms with Crippen LogP contribution in [0, 0.1) is 0 Å². The van der Waals surface area contributed by atoms with E-state index in [1.807, 2.05) is 12.1 Å². The largest absolute Gasteiger partial charge is 0.506 e. The molecule has 22 heavy (non-hydrogen) atoms. The minimum absolute atomic E-state index is 0.0982. The fourth-order valence-corrected chi connectivity index (χ4v) is 2.27. The number of carbonyl (C=O) groups is 2. The van der Waals surface area contributed by atoms with Crippen molar-refractivity contribution in [3.8, 4) is 5.75 Å². The SMILES string of the molecule is CC[C@@](C)(NC(=O)c1ccc2ccccc2c1O)C(=O)OC. The quantitative estimate of drug-likeness (QED) is 0.851. The molecule has 0 aliphatic rings. The van der Waals surface area contributed by atoms with Gasteiger partial charge in [-0.15, -0.1) is 0 Å². The fourth-order valence-electron chi connectivity index (χ4n) is 2.27. The Balaban J connectivity index is 2.38. The first-order valence-electron chi connectivity index (χ1n) is 7.04. The van der Waals surface area contributed by atoms with Crippen LogP contribution in [0.5, 0.6) is 5.75 Å². The summed E-state index contributed by atoms with van der Waals surface area (Å²) in [5.74, 6) is -1.14. The maximum atomic E-state index is 12.4. The van der Waals surface area contributed by atoms with E-state index >= 15 is 0 Å². The fraction of sp³-hybridized carbons (Fsp3) is 0.294. The summed E-state index contributed by atoms with van der Waals surface area (Å²) in [5.41, 5.74) is -1.01. The number of amides is 1. The zero-order chi connectivity index (χ0) is 16.3. The normalized spacial score (nSPS) is 13.4. The van der Waals surface area contributed by atoms with Gasteiger partial charge in [-0.1, -0.05) is 37.3 Å². The lowest BCUT2D eigenvalue weighted by molar-refractivity contribution is -0.147. The third-order valence-electron chi connectivity index (χ3n) is 3.88. The molecule has 0 saturated carbocycles. The standard InChI is InChI=1S/C17H19NO4/c1-4-17(2,16(21)22-3)18-15(20)13-10-9-11-7-5-6-8-12(11)14(13)19/h5-10,19H,4H2,1-3H3,(H,18,20)/t17-/m1/s1. The third kappa shape index (κ3) is 2.74. The Hall–Kier alpha value is -2.56. The van der Waals surface area contributed by atoms with Crippen LogP contribution in [0.3, 0.4) is 0 Å². The Kier molecular flexibility index (Phi) is 4.35. The number of aromatic hydroxyl groups is 1. The van der Waals surface area contributed by atoms with Gasteiger partial charge >= 0.3 is 5.97 Å². The average molecular weight is 301 g/mol. The number of hydrogen-bond donors (Lipinski definition) is 2. The smallest absolute Gasteiger partial charge is 0.331 e. The van der Waals surface area contributed by atoms with Crippen LogP contribution in [0.15, 0.2) is 36.4 Å². The Bertz CT molecular complexity index is 726. The van der Waals surface area contributed by atoms with Crippen molar-refractivity contribution in [2.75, 3.05) is 7.11 Å². The average Bonchev–Trinajstić information content (AvgIpc) is 2.54. The number of rotatable bonds is 4. The van der Waals surface area contributed by atoms with Crippen LogP contribution in [0.2, 0.25) is 0 Å². The molecule has 1 atom stereocenters. The summed E-state index contributed by atoms with van der Waals surface area (Å²) in [5, 5.41) is 14.4. The number of esters is 1. The van der Waals surface area contributed by atoms with Crippen LogP contribution >= 0.6 is 0 Å². The monoisotopic (exact) mass is 301 g/mol. The van der Waals surface area contributed by atoms with E-state index in [2.05, 4.69) is 5.32 Å². The van der Waals surface area contributed by atoms with Gasteiger partial charge in [0, 0.05) is 5.39 Å². The lowest BCUT2D eigenvalue weighted by Gasteiger charge is -2.26. The van der Waals surface area contributed by atoms with Crippen molar-refractivity contribution in [1.29, 1.82) is 0 Å². The van der Waals surface area contributed by atoms with Crippen LogP contribution < -0.4 is 5.32 Å². The van der Waals surface area contributed by atoms with Crippen molar-refractivity contribution in [3.63, 3.8) is 0 Å². The van der Waals surface area contributed by atoms with Gasteiger partial charge in [-0.05, 0) is 24.8 Å². The van der Waals surface area contributed by atoms with E-state index in [1.54, 1.807) is 38.1 Å². The Morgan fingerprint density at radius 1 is 1.23 bits per heavy atom. The highest BCUT2D eigenvalue weighted by atomic mass is 16.5. The van der Waals surface area contributed by atoms with Gasteiger partial charge in [0.25, 0.3) is 5.91 Å². The molecule has 5 heteroatoms. The lowest BCUT2D eigenvalue weighted by Crippen LogP contribution is -2.52. The van der Waals surface area contributed by atoms with Crippen LogP contribution in [0.4, 0.5) is 0 Å². The van der Waals surface area contributed by atoms with E-state index in [0.717, 1.165) is 5.39 Å². The van der Waals surface area contributed by atoms with E-state index in [1.165, 1.54) is 7.11 Å². The molecule has 0 fully saturated rings. The number of phenols is 1. The minimum atomic E-state index is -1.14. The first-order chi connectivity index (χ1) is 10.4. The third-order valence-corrected chi connectivity index (χ3v) is 3.88. The molecule has 0 saturated heterocycles. The number of carbonyl (C=O) groups excluding carboxylic acids is 2. The molecule has 116 valence electrons. The first kappa shape index (κ1) is 15.8. The van der Waals surface area contributed by atoms with Gasteiger partial charge in [0.2, 0.25) is 0 Å². The van der Waals surface area contributed by atoms with Crippen molar-refractivity contribution in [2.45, 2.75) is 25.8 Å².